The average molecular weight is 357 g/mol. The minimum absolute atomic E-state index is 0.0498. The van der Waals surface area contributed by atoms with Crippen molar-refractivity contribution in [1.29, 1.82) is 0 Å². The van der Waals surface area contributed by atoms with Crippen molar-refractivity contribution >= 4 is 0 Å². The standard InChI is InChI=1S/C21H19N5O/c1-14-10-17(20(13-27)22-12-14)11-15-6-8-16(9-7-15)18-4-2-3-5-19(18)21-23-25-26-24-21/h2-10,12,27H,11,13H2,1H3,(H,23,24,25,26). The maximum atomic E-state index is 9.52. The summed E-state index contributed by atoms with van der Waals surface area (Å²) in [6, 6.07) is 18.5. The van der Waals surface area contributed by atoms with E-state index in [1.165, 1.54) is 0 Å². The molecule has 0 aliphatic heterocycles. The van der Waals surface area contributed by atoms with Crippen LogP contribution in [-0.2, 0) is 13.0 Å². The molecule has 0 aliphatic carbocycles. The third kappa shape index (κ3) is 3.61. The molecule has 0 saturated heterocycles. The molecule has 134 valence electrons. The van der Waals surface area contributed by atoms with Crippen LogP contribution in [0.1, 0.15) is 22.4 Å². The highest BCUT2D eigenvalue weighted by molar-refractivity contribution is 5.80. The molecule has 27 heavy (non-hydrogen) atoms. The van der Waals surface area contributed by atoms with Gasteiger partial charge in [0.15, 0.2) is 0 Å². The number of hydrogen-bond donors (Lipinski definition) is 2. The lowest BCUT2D eigenvalue weighted by atomic mass is 9.96. The lowest BCUT2D eigenvalue weighted by Gasteiger charge is -2.10. The minimum Gasteiger partial charge on any atom is -0.390 e. The Morgan fingerprint density at radius 2 is 1.78 bits per heavy atom. The number of pyridine rings is 1. The topological polar surface area (TPSA) is 87.6 Å². The van der Waals surface area contributed by atoms with Gasteiger partial charge in [-0.25, -0.2) is 0 Å². The van der Waals surface area contributed by atoms with E-state index in [1.807, 2.05) is 25.1 Å². The fraction of sp³-hybridized carbons (Fsp3) is 0.143. The Labute approximate surface area is 156 Å². The van der Waals surface area contributed by atoms with Crippen molar-refractivity contribution in [2.24, 2.45) is 0 Å². The van der Waals surface area contributed by atoms with Gasteiger partial charge in [0.25, 0.3) is 0 Å². The lowest BCUT2D eigenvalue weighted by molar-refractivity contribution is 0.275. The number of hydrogen-bond acceptors (Lipinski definition) is 5. The van der Waals surface area contributed by atoms with Gasteiger partial charge in [0.2, 0.25) is 5.82 Å². The van der Waals surface area contributed by atoms with Crippen molar-refractivity contribution < 1.29 is 5.11 Å². The number of aromatic amines is 1. The van der Waals surface area contributed by atoms with E-state index in [4.69, 9.17) is 0 Å². The summed E-state index contributed by atoms with van der Waals surface area (Å²) in [5.74, 6) is 0.577. The van der Waals surface area contributed by atoms with Crippen molar-refractivity contribution in [2.75, 3.05) is 0 Å². The Morgan fingerprint density at radius 3 is 2.48 bits per heavy atom. The number of aliphatic hydroxyl groups is 1. The number of H-pyrrole nitrogens is 1. The Hall–Kier alpha value is -3.38. The number of benzene rings is 2. The van der Waals surface area contributed by atoms with Crippen LogP contribution in [0, 0.1) is 6.92 Å². The molecule has 0 amide bonds. The van der Waals surface area contributed by atoms with E-state index in [2.05, 4.69) is 62.0 Å². The van der Waals surface area contributed by atoms with Crippen LogP contribution in [-0.4, -0.2) is 30.7 Å². The summed E-state index contributed by atoms with van der Waals surface area (Å²) < 4.78 is 0. The molecule has 2 heterocycles. The first-order valence-corrected chi connectivity index (χ1v) is 8.72. The van der Waals surface area contributed by atoms with E-state index in [0.717, 1.165) is 45.5 Å². The normalized spacial score (nSPS) is 10.9. The SMILES string of the molecule is Cc1cnc(CO)c(Cc2ccc(-c3ccccc3-c3nn[nH]n3)cc2)c1. The fourth-order valence-electron chi connectivity index (χ4n) is 3.18. The second kappa shape index (κ2) is 7.47. The zero-order valence-electron chi connectivity index (χ0n) is 14.9. The van der Waals surface area contributed by atoms with Gasteiger partial charge in [-0.15, -0.1) is 10.2 Å². The number of aryl methyl sites for hydroxylation is 1. The smallest absolute Gasteiger partial charge is 0.205 e. The van der Waals surface area contributed by atoms with E-state index in [-0.39, 0.29) is 6.61 Å². The van der Waals surface area contributed by atoms with Gasteiger partial charge in [-0.05, 0) is 46.4 Å². The largest absolute Gasteiger partial charge is 0.390 e. The van der Waals surface area contributed by atoms with Crippen LogP contribution in [0.5, 0.6) is 0 Å². The van der Waals surface area contributed by atoms with Gasteiger partial charge in [0.05, 0.1) is 12.3 Å². The van der Waals surface area contributed by atoms with Crippen LogP contribution in [0.2, 0.25) is 0 Å². The number of tetrazole rings is 1. The van der Waals surface area contributed by atoms with E-state index in [9.17, 15) is 5.11 Å². The molecule has 0 fully saturated rings. The Kier molecular flexibility index (Phi) is 4.72. The van der Waals surface area contributed by atoms with Gasteiger partial charge in [-0.2, -0.15) is 5.21 Å². The molecule has 0 spiro atoms. The van der Waals surface area contributed by atoms with Crippen LogP contribution in [0.3, 0.4) is 0 Å². The first-order valence-electron chi connectivity index (χ1n) is 8.72. The number of rotatable bonds is 5. The Balaban J connectivity index is 1.64. The number of aromatic nitrogens is 5. The van der Waals surface area contributed by atoms with Crippen LogP contribution in [0.4, 0.5) is 0 Å². The third-order valence-corrected chi connectivity index (χ3v) is 4.52. The maximum absolute atomic E-state index is 9.52. The highest BCUT2D eigenvalue weighted by Crippen LogP contribution is 2.30. The molecule has 4 aromatic rings. The molecule has 6 nitrogen and oxygen atoms in total. The molecule has 2 aromatic carbocycles. The molecule has 0 radical (unpaired) electrons. The predicted octanol–water partition coefficient (Wildman–Crippen LogP) is 3.32. The Morgan fingerprint density at radius 1 is 1.00 bits per heavy atom. The zero-order chi connectivity index (χ0) is 18.6. The van der Waals surface area contributed by atoms with Gasteiger partial charge in [-0.1, -0.05) is 54.6 Å². The second-order valence-corrected chi connectivity index (χ2v) is 6.43. The summed E-state index contributed by atoms with van der Waals surface area (Å²) in [7, 11) is 0. The van der Waals surface area contributed by atoms with Gasteiger partial charge in [0.1, 0.15) is 0 Å². The lowest BCUT2D eigenvalue weighted by Crippen LogP contribution is -2.00. The number of nitrogens with zero attached hydrogens (tertiary/aromatic N) is 4. The highest BCUT2D eigenvalue weighted by atomic mass is 16.3. The summed E-state index contributed by atoms with van der Waals surface area (Å²) >= 11 is 0. The molecule has 4 rings (SSSR count). The fourth-order valence-corrected chi connectivity index (χ4v) is 3.18. The van der Waals surface area contributed by atoms with E-state index in [0.29, 0.717) is 5.82 Å². The summed E-state index contributed by atoms with van der Waals surface area (Å²) in [5, 5.41) is 23.9. The van der Waals surface area contributed by atoms with Gasteiger partial charge in [-0.3, -0.25) is 4.98 Å². The van der Waals surface area contributed by atoms with Gasteiger partial charge in [0, 0.05) is 11.8 Å². The van der Waals surface area contributed by atoms with Crippen molar-refractivity contribution in [1.82, 2.24) is 25.6 Å². The second-order valence-electron chi connectivity index (χ2n) is 6.43. The molecule has 2 aromatic heterocycles. The Bertz CT molecular complexity index is 1040. The average Bonchev–Trinajstić information content (AvgIpc) is 3.24. The molecular weight excluding hydrogens is 338 g/mol. The van der Waals surface area contributed by atoms with Crippen molar-refractivity contribution in [2.45, 2.75) is 20.0 Å². The summed E-state index contributed by atoms with van der Waals surface area (Å²) in [4.78, 5) is 4.33. The quantitative estimate of drug-likeness (QED) is 0.572. The molecule has 0 aliphatic rings. The van der Waals surface area contributed by atoms with Crippen LogP contribution in [0.25, 0.3) is 22.5 Å². The molecule has 2 N–H and O–H groups in total. The van der Waals surface area contributed by atoms with Crippen molar-refractivity contribution in [3.8, 4) is 22.5 Å². The molecule has 6 heteroatoms. The monoisotopic (exact) mass is 357 g/mol. The molecule has 0 unspecified atom stereocenters. The maximum Gasteiger partial charge on any atom is 0.205 e. The number of aliphatic hydroxyl groups excluding tert-OH is 1. The first-order chi connectivity index (χ1) is 13.2. The molecule has 0 saturated carbocycles. The highest BCUT2D eigenvalue weighted by Gasteiger charge is 2.11. The third-order valence-electron chi connectivity index (χ3n) is 4.52. The van der Waals surface area contributed by atoms with E-state index < -0.39 is 0 Å². The minimum atomic E-state index is -0.0498. The zero-order valence-corrected chi connectivity index (χ0v) is 14.9. The van der Waals surface area contributed by atoms with Crippen LogP contribution >= 0.6 is 0 Å². The van der Waals surface area contributed by atoms with Gasteiger partial charge < -0.3 is 5.11 Å². The number of nitrogens with one attached hydrogen (secondary N) is 1. The molecule has 0 atom stereocenters. The van der Waals surface area contributed by atoms with E-state index in [1.54, 1.807) is 6.20 Å². The molecule has 0 bridgehead atoms. The van der Waals surface area contributed by atoms with Crippen molar-refractivity contribution in [3.05, 3.63) is 83.2 Å². The van der Waals surface area contributed by atoms with Crippen LogP contribution in [0.15, 0.2) is 60.8 Å². The summed E-state index contributed by atoms with van der Waals surface area (Å²) in [6.07, 6.45) is 2.52. The predicted molar refractivity (Wildman–Crippen MR) is 103 cm³/mol. The van der Waals surface area contributed by atoms with Gasteiger partial charge >= 0.3 is 0 Å². The molecular formula is C21H19N5O. The first kappa shape index (κ1) is 17.1. The van der Waals surface area contributed by atoms with E-state index >= 15 is 0 Å². The van der Waals surface area contributed by atoms with Crippen LogP contribution < -0.4 is 0 Å². The summed E-state index contributed by atoms with van der Waals surface area (Å²) in [6.45, 7) is 1.96. The van der Waals surface area contributed by atoms with Crippen molar-refractivity contribution in [3.63, 3.8) is 0 Å². The summed E-state index contributed by atoms with van der Waals surface area (Å²) in [5.41, 5.74) is 7.11.